The van der Waals surface area contributed by atoms with Crippen molar-refractivity contribution >= 4 is 28.4 Å². The van der Waals surface area contributed by atoms with E-state index in [9.17, 15) is 9.59 Å². The Morgan fingerprint density at radius 3 is 2.70 bits per heavy atom. The lowest BCUT2D eigenvalue weighted by molar-refractivity contribution is 0.0823. The molecule has 0 spiro atoms. The predicted octanol–water partition coefficient (Wildman–Crippen LogP) is 2.21. The number of pyridine rings is 1. The van der Waals surface area contributed by atoms with Crippen LogP contribution < -0.4 is 5.32 Å². The maximum absolute atomic E-state index is 12.2. The molecule has 2 rings (SSSR count). The third-order valence-electron chi connectivity index (χ3n) is 3.25. The van der Waals surface area contributed by atoms with E-state index in [0.717, 1.165) is 11.1 Å². The number of aryl methyl sites for hydroxylation is 1. The number of thiazole rings is 1. The Kier molecular flexibility index (Phi) is 5.28. The molecule has 0 fully saturated rings. The lowest BCUT2D eigenvalue weighted by Crippen LogP contribution is -2.31. The predicted molar refractivity (Wildman–Crippen MR) is 89.6 cm³/mol. The molecule has 0 saturated carbocycles. The summed E-state index contributed by atoms with van der Waals surface area (Å²) in [5, 5.41) is 4.73. The van der Waals surface area contributed by atoms with Crippen LogP contribution in [0.2, 0.25) is 0 Å². The molecule has 0 aromatic carbocycles. The molecule has 0 aliphatic rings. The van der Waals surface area contributed by atoms with Crippen LogP contribution in [0.1, 0.15) is 21.6 Å². The van der Waals surface area contributed by atoms with Gasteiger partial charge in [-0.05, 0) is 24.1 Å². The van der Waals surface area contributed by atoms with Crippen LogP contribution in [-0.2, 0) is 6.54 Å². The quantitative estimate of drug-likeness (QED) is 0.930. The van der Waals surface area contributed by atoms with Crippen LogP contribution in [0.4, 0.5) is 9.93 Å². The first-order valence-corrected chi connectivity index (χ1v) is 7.85. The molecule has 2 heterocycles. The van der Waals surface area contributed by atoms with Crippen LogP contribution in [0, 0.1) is 6.92 Å². The van der Waals surface area contributed by atoms with Crippen LogP contribution in [-0.4, -0.2) is 52.8 Å². The summed E-state index contributed by atoms with van der Waals surface area (Å²) in [5.41, 5.74) is 2.38. The zero-order valence-electron chi connectivity index (χ0n) is 13.5. The lowest BCUT2D eigenvalue weighted by atomic mass is 10.1. The summed E-state index contributed by atoms with van der Waals surface area (Å²) < 4.78 is 0. The number of nitrogens with one attached hydrogen (secondary N) is 1. The number of hydrogen-bond donors (Lipinski definition) is 1. The molecule has 0 aliphatic heterocycles. The second-order valence-corrected chi connectivity index (χ2v) is 6.18. The molecule has 0 bridgehead atoms. The summed E-state index contributed by atoms with van der Waals surface area (Å²) >= 11 is 1.22. The molecule has 2 aromatic rings. The third-order valence-corrected chi connectivity index (χ3v) is 4.00. The average Bonchev–Trinajstić information content (AvgIpc) is 2.96. The summed E-state index contributed by atoms with van der Waals surface area (Å²) in [6.07, 6.45) is 3.47. The van der Waals surface area contributed by atoms with E-state index >= 15 is 0 Å². The molecule has 8 heteroatoms. The number of urea groups is 1. The van der Waals surface area contributed by atoms with Gasteiger partial charge >= 0.3 is 6.03 Å². The molecule has 0 radical (unpaired) electrons. The molecule has 0 unspecified atom stereocenters. The van der Waals surface area contributed by atoms with Crippen molar-refractivity contribution in [1.29, 1.82) is 0 Å². The van der Waals surface area contributed by atoms with Crippen LogP contribution in [0.5, 0.6) is 0 Å². The van der Waals surface area contributed by atoms with Gasteiger partial charge in [0.05, 0.1) is 0 Å². The van der Waals surface area contributed by atoms with Gasteiger partial charge in [-0.15, -0.1) is 11.3 Å². The number of hydrogen-bond acceptors (Lipinski definition) is 5. The first-order valence-electron chi connectivity index (χ1n) is 6.97. The van der Waals surface area contributed by atoms with Gasteiger partial charge in [0.25, 0.3) is 5.91 Å². The third kappa shape index (κ3) is 4.26. The van der Waals surface area contributed by atoms with Gasteiger partial charge in [-0.2, -0.15) is 0 Å². The summed E-state index contributed by atoms with van der Waals surface area (Å²) in [5.74, 6) is -0.193. The van der Waals surface area contributed by atoms with E-state index in [1.54, 1.807) is 43.8 Å². The maximum atomic E-state index is 12.2. The van der Waals surface area contributed by atoms with E-state index in [4.69, 9.17) is 0 Å². The fraction of sp³-hybridized carbons (Fsp3) is 0.333. The fourth-order valence-corrected chi connectivity index (χ4v) is 2.51. The molecular weight excluding hydrogens is 314 g/mol. The fourth-order valence-electron chi connectivity index (χ4n) is 1.83. The molecule has 0 saturated heterocycles. The van der Waals surface area contributed by atoms with Crippen LogP contribution >= 0.6 is 11.3 Å². The number of carbonyl (C=O) groups excluding carboxylic acids is 2. The second kappa shape index (κ2) is 7.19. The molecular formula is C15H19N5O2S. The SMILES string of the molecule is Cc1ccncc1CN(C)C(=O)Nc1nc(C(=O)N(C)C)cs1. The summed E-state index contributed by atoms with van der Waals surface area (Å²) in [6.45, 7) is 2.42. The number of anilines is 1. The number of amides is 3. The number of carbonyl (C=O) groups is 2. The number of aromatic nitrogens is 2. The van der Waals surface area contributed by atoms with E-state index in [1.165, 1.54) is 16.2 Å². The molecule has 1 N–H and O–H groups in total. The standard InChI is InChI=1S/C15H19N5O2S/c1-10-5-6-16-7-11(10)8-20(4)15(22)18-14-17-12(9-23-14)13(21)19(2)3/h5-7,9H,8H2,1-4H3,(H,17,18,22). The highest BCUT2D eigenvalue weighted by Crippen LogP contribution is 2.17. The van der Waals surface area contributed by atoms with Gasteiger partial charge in [0.15, 0.2) is 5.13 Å². The van der Waals surface area contributed by atoms with Crippen molar-refractivity contribution in [3.8, 4) is 0 Å². The van der Waals surface area contributed by atoms with E-state index in [0.29, 0.717) is 17.4 Å². The van der Waals surface area contributed by atoms with E-state index in [1.807, 2.05) is 13.0 Å². The lowest BCUT2D eigenvalue weighted by Gasteiger charge is -2.18. The molecule has 0 aliphatic carbocycles. The highest BCUT2D eigenvalue weighted by atomic mass is 32.1. The van der Waals surface area contributed by atoms with E-state index in [-0.39, 0.29) is 11.9 Å². The van der Waals surface area contributed by atoms with Gasteiger partial charge < -0.3 is 9.80 Å². The van der Waals surface area contributed by atoms with Crippen molar-refractivity contribution < 1.29 is 9.59 Å². The minimum Gasteiger partial charge on any atom is -0.343 e. The number of rotatable bonds is 4. The second-order valence-electron chi connectivity index (χ2n) is 5.33. The molecule has 2 aromatic heterocycles. The monoisotopic (exact) mass is 333 g/mol. The normalized spacial score (nSPS) is 10.3. The molecule has 3 amide bonds. The minimum absolute atomic E-state index is 0.193. The van der Waals surface area contributed by atoms with Gasteiger partial charge in [-0.25, -0.2) is 9.78 Å². The van der Waals surface area contributed by atoms with Crippen LogP contribution in [0.15, 0.2) is 23.8 Å². The van der Waals surface area contributed by atoms with Crippen molar-refractivity contribution in [1.82, 2.24) is 19.8 Å². The zero-order valence-corrected chi connectivity index (χ0v) is 14.3. The largest absolute Gasteiger partial charge is 0.343 e. The highest BCUT2D eigenvalue weighted by Gasteiger charge is 2.16. The van der Waals surface area contributed by atoms with Gasteiger partial charge in [0.1, 0.15) is 5.69 Å². The van der Waals surface area contributed by atoms with Gasteiger partial charge in [0.2, 0.25) is 0 Å². The van der Waals surface area contributed by atoms with Crippen molar-refractivity contribution in [2.24, 2.45) is 0 Å². The average molecular weight is 333 g/mol. The maximum Gasteiger partial charge on any atom is 0.323 e. The Balaban J connectivity index is 1.99. The molecule has 0 atom stereocenters. The van der Waals surface area contributed by atoms with Gasteiger partial charge in [-0.1, -0.05) is 0 Å². The first kappa shape index (κ1) is 16.9. The summed E-state index contributed by atoms with van der Waals surface area (Å²) in [4.78, 5) is 35.2. The smallest absolute Gasteiger partial charge is 0.323 e. The Bertz CT molecular complexity index is 713. The Hall–Kier alpha value is -2.48. The van der Waals surface area contributed by atoms with E-state index in [2.05, 4.69) is 15.3 Å². The van der Waals surface area contributed by atoms with Crippen molar-refractivity contribution in [2.45, 2.75) is 13.5 Å². The Labute approximate surface area is 139 Å². The number of nitrogens with zero attached hydrogens (tertiary/aromatic N) is 4. The Morgan fingerprint density at radius 1 is 1.30 bits per heavy atom. The minimum atomic E-state index is -0.286. The van der Waals surface area contributed by atoms with Crippen molar-refractivity contribution in [2.75, 3.05) is 26.5 Å². The van der Waals surface area contributed by atoms with Crippen molar-refractivity contribution in [3.05, 3.63) is 40.7 Å². The van der Waals surface area contributed by atoms with Crippen molar-refractivity contribution in [3.63, 3.8) is 0 Å². The zero-order chi connectivity index (χ0) is 17.0. The molecule has 23 heavy (non-hydrogen) atoms. The summed E-state index contributed by atoms with van der Waals surface area (Å²) in [6, 6.07) is 1.62. The summed E-state index contributed by atoms with van der Waals surface area (Å²) in [7, 11) is 5.01. The van der Waals surface area contributed by atoms with Gasteiger partial charge in [-0.3, -0.25) is 15.1 Å². The topological polar surface area (TPSA) is 78.4 Å². The van der Waals surface area contributed by atoms with Crippen LogP contribution in [0.3, 0.4) is 0 Å². The van der Waals surface area contributed by atoms with E-state index < -0.39 is 0 Å². The molecule has 7 nitrogen and oxygen atoms in total. The van der Waals surface area contributed by atoms with Crippen LogP contribution in [0.25, 0.3) is 0 Å². The highest BCUT2D eigenvalue weighted by molar-refractivity contribution is 7.14. The Morgan fingerprint density at radius 2 is 2.04 bits per heavy atom. The first-order chi connectivity index (χ1) is 10.9. The van der Waals surface area contributed by atoms with Gasteiger partial charge in [0, 0.05) is 45.5 Å². The molecule has 122 valence electrons.